The molecule has 1 aliphatic carbocycles. The number of carbonyl (C=O) groups is 1. The number of carbonyl (C=O) groups excluding carboxylic acids is 1. The summed E-state index contributed by atoms with van der Waals surface area (Å²) in [4.78, 5) is 31.9. The molecule has 1 atom stereocenters. The van der Waals surface area contributed by atoms with Crippen LogP contribution in [0.4, 0.5) is 0 Å². The van der Waals surface area contributed by atoms with E-state index >= 15 is 0 Å². The van der Waals surface area contributed by atoms with Crippen molar-refractivity contribution in [3.8, 4) is 0 Å². The van der Waals surface area contributed by atoms with E-state index in [-0.39, 0.29) is 17.5 Å². The summed E-state index contributed by atoms with van der Waals surface area (Å²) in [7, 11) is 0. The van der Waals surface area contributed by atoms with Gasteiger partial charge in [0, 0.05) is 30.8 Å². The third-order valence-corrected chi connectivity index (χ3v) is 5.99. The third kappa shape index (κ3) is 2.80. The number of thioether (sulfide) groups is 1. The first-order valence-electron chi connectivity index (χ1n) is 8.36. The van der Waals surface area contributed by atoms with Gasteiger partial charge >= 0.3 is 0 Å². The van der Waals surface area contributed by atoms with Crippen molar-refractivity contribution in [2.45, 2.75) is 43.3 Å². The largest absolute Gasteiger partial charge is 0.378 e. The Morgan fingerprint density at radius 1 is 1.26 bits per heavy atom. The summed E-state index contributed by atoms with van der Waals surface area (Å²) in [6, 6.07) is -0.0578. The molecule has 0 bridgehead atoms. The summed E-state index contributed by atoms with van der Waals surface area (Å²) < 4.78 is 7.08. The lowest BCUT2D eigenvalue weighted by molar-refractivity contribution is -0.136. The lowest BCUT2D eigenvalue weighted by atomic mass is 9.97. The van der Waals surface area contributed by atoms with E-state index in [1.807, 2.05) is 4.90 Å². The molecule has 23 heavy (non-hydrogen) atoms. The van der Waals surface area contributed by atoms with Crippen LogP contribution in [0.15, 0.2) is 9.95 Å². The zero-order valence-corrected chi connectivity index (χ0v) is 13.9. The molecule has 3 heterocycles. The smallest absolute Gasteiger partial charge is 0.257 e. The molecule has 0 N–H and O–H groups in total. The van der Waals surface area contributed by atoms with Gasteiger partial charge in [0.05, 0.1) is 24.9 Å². The summed E-state index contributed by atoms with van der Waals surface area (Å²) in [6.07, 6.45) is 4.31. The minimum absolute atomic E-state index is 0.0578. The number of aromatic nitrogens is 2. The van der Waals surface area contributed by atoms with E-state index in [1.54, 1.807) is 16.3 Å². The number of morpholine rings is 1. The highest BCUT2D eigenvalue weighted by Crippen LogP contribution is 2.34. The predicted molar refractivity (Wildman–Crippen MR) is 86.9 cm³/mol. The quantitative estimate of drug-likeness (QED) is 0.755. The van der Waals surface area contributed by atoms with Crippen molar-refractivity contribution in [1.82, 2.24) is 14.5 Å². The monoisotopic (exact) mass is 335 g/mol. The number of aryl methyl sites for hydroxylation is 1. The fraction of sp³-hybridized carbons (Fsp3) is 0.688. The van der Waals surface area contributed by atoms with Gasteiger partial charge in [-0.15, -0.1) is 0 Å². The number of fused-ring (bicyclic) bond motifs is 2. The fourth-order valence-corrected chi connectivity index (χ4v) is 4.76. The molecule has 1 saturated heterocycles. The zero-order chi connectivity index (χ0) is 15.8. The topological polar surface area (TPSA) is 64.4 Å². The average molecular weight is 335 g/mol. The van der Waals surface area contributed by atoms with E-state index in [4.69, 9.17) is 9.72 Å². The Morgan fingerprint density at radius 2 is 2.04 bits per heavy atom. The Balaban J connectivity index is 1.57. The van der Waals surface area contributed by atoms with Crippen molar-refractivity contribution < 1.29 is 9.53 Å². The predicted octanol–water partition coefficient (Wildman–Crippen LogP) is 1.02. The lowest BCUT2D eigenvalue weighted by Crippen LogP contribution is -2.42. The summed E-state index contributed by atoms with van der Waals surface area (Å²) in [5.74, 6) is 0.887. The zero-order valence-electron chi connectivity index (χ0n) is 13.1. The molecule has 3 aliphatic rings. The van der Waals surface area contributed by atoms with Gasteiger partial charge in [-0.3, -0.25) is 14.2 Å². The van der Waals surface area contributed by atoms with Crippen LogP contribution in [0.1, 0.15) is 36.6 Å². The Labute approximate surface area is 139 Å². The number of hydrogen-bond donors (Lipinski definition) is 0. The Bertz CT molecular complexity index is 682. The lowest BCUT2D eigenvalue weighted by Gasteiger charge is -2.28. The van der Waals surface area contributed by atoms with Crippen LogP contribution in [0.5, 0.6) is 0 Å². The van der Waals surface area contributed by atoms with Crippen LogP contribution in [0.25, 0.3) is 0 Å². The standard InChI is InChI=1S/C16H21N3O3S/c20-14(18-5-7-22-8-6-18)9-11-10-23-16-17-13-4-2-1-3-12(13)15(21)19(11)16/h11H,1-10H2. The summed E-state index contributed by atoms with van der Waals surface area (Å²) in [5, 5.41) is 0.801. The van der Waals surface area contributed by atoms with Gasteiger partial charge in [-0.05, 0) is 25.7 Å². The molecule has 4 rings (SSSR count). The molecular weight excluding hydrogens is 314 g/mol. The van der Waals surface area contributed by atoms with Crippen LogP contribution < -0.4 is 5.56 Å². The highest BCUT2D eigenvalue weighted by molar-refractivity contribution is 7.99. The van der Waals surface area contributed by atoms with Gasteiger partial charge in [0.2, 0.25) is 5.91 Å². The molecule has 0 radical (unpaired) electrons. The van der Waals surface area contributed by atoms with Crippen molar-refractivity contribution in [3.63, 3.8) is 0 Å². The fourth-order valence-electron chi connectivity index (χ4n) is 3.61. The van der Waals surface area contributed by atoms with Crippen molar-refractivity contribution in [3.05, 3.63) is 21.6 Å². The molecule has 1 amide bonds. The van der Waals surface area contributed by atoms with Crippen molar-refractivity contribution in [2.75, 3.05) is 32.1 Å². The summed E-state index contributed by atoms with van der Waals surface area (Å²) in [6.45, 7) is 2.53. The second-order valence-corrected chi connectivity index (χ2v) is 7.35. The minimum atomic E-state index is -0.0578. The Morgan fingerprint density at radius 3 is 2.87 bits per heavy atom. The maximum absolute atomic E-state index is 12.8. The van der Waals surface area contributed by atoms with Gasteiger partial charge in [-0.1, -0.05) is 11.8 Å². The van der Waals surface area contributed by atoms with Crippen molar-refractivity contribution in [1.29, 1.82) is 0 Å². The minimum Gasteiger partial charge on any atom is -0.378 e. The molecular formula is C16H21N3O3S. The molecule has 2 aliphatic heterocycles. The van der Waals surface area contributed by atoms with Gasteiger partial charge in [-0.25, -0.2) is 4.98 Å². The van der Waals surface area contributed by atoms with Crippen LogP contribution in [0, 0.1) is 0 Å². The van der Waals surface area contributed by atoms with Crippen LogP contribution in [-0.2, 0) is 22.4 Å². The van der Waals surface area contributed by atoms with Gasteiger partial charge in [0.15, 0.2) is 5.16 Å². The molecule has 1 aromatic heterocycles. The number of hydrogen-bond acceptors (Lipinski definition) is 5. The molecule has 0 spiro atoms. The van der Waals surface area contributed by atoms with Gasteiger partial charge < -0.3 is 9.64 Å². The number of nitrogens with zero attached hydrogens (tertiary/aromatic N) is 3. The molecule has 7 heteroatoms. The molecule has 0 aromatic carbocycles. The molecule has 1 aromatic rings. The van der Waals surface area contributed by atoms with Gasteiger partial charge in [0.1, 0.15) is 0 Å². The first-order valence-corrected chi connectivity index (χ1v) is 9.35. The van der Waals surface area contributed by atoms with Gasteiger partial charge in [-0.2, -0.15) is 0 Å². The van der Waals surface area contributed by atoms with Crippen LogP contribution >= 0.6 is 11.8 Å². The highest BCUT2D eigenvalue weighted by atomic mass is 32.2. The third-order valence-electron chi connectivity index (χ3n) is 4.90. The van der Waals surface area contributed by atoms with E-state index in [0.717, 1.165) is 47.8 Å². The highest BCUT2D eigenvalue weighted by Gasteiger charge is 2.31. The molecule has 1 unspecified atom stereocenters. The summed E-state index contributed by atoms with van der Waals surface area (Å²) >= 11 is 1.61. The average Bonchev–Trinajstić information content (AvgIpc) is 2.99. The maximum atomic E-state index is 12.8. The van der Waals surface area contributed by atoms with E-state index in [0.29, 0.717) is 32.7 Å². The van der Waals surface area contributed by atoms with Crippen LogP contribution in [-0.4, -0.2) is 52.4 Å². The molecule has 1 fully saturated rings. The number of amides is 1. The molecule has 0 saturated carbocycles. The second kappa shape index (κ2) is 6.28. The van der Waals surface area contributed by atoms with Crippen LogP contribution in [0.3, 0.4) is 0 Å². The van der Waals surface area contributed by atoms with E-state index < -0.39 is 0 Å². The SMILES string of the molecule is O=C(CC1CSc2nc3c(c(=O)n21)CCCC3)N1CCOCC1. The maximum Gasteiger partial charge on any atom is 0.257 e. The number of ether oxygens (including phenoxy) is 1. The molecule has 6 nitrogen and oxygen atoms in total. The van der Waals surface area contributed by atoms with E-state index in [9.17, 15) is 9.59 Å². The Hall–Kier alpha value is -1.34. The molecule has 124 valence electrons. The Kier molecular flexibility index (Phi) is 4.15. The van der Waals surface area contributed by atoms with Crippen LogP contribution in [0.2, 0.25) is 0 Å². The number of rotatable bonds is 2. The first-order chi connectivity index (χ1) is 11.2. The van der Waals surface area contributed by atoms with E-state index in [1.165, 1.54) is 0 Å². The normalized spacial score (nSPS) is 23.5. The van der Waals surface area contributed by atoms with E-state index in [2.05, 4.69) is 0 Å². The van der Waals surface area contributed by atoms with Crippen molar-refractivity contribution in [2.24, 2.45) is 0 Å². The van der Waals surface area contributed by atoms with Crippen molar-refractivity contribution >= 4 is 17.7 Å². The van der Waals surface area contributed by atoms with Gasteiger partial charge in [0.25, 0.3) is 5.56 Å². The first kappa shape index (κ1) is 15.2. The summed E-state index contributed by atoms with van der Waals surface area (Å²) in [5.41, 5.74) is 1.96. The second-order valence-electron chi connectivity index (χ2n) is 6.36.